The zero-order valence-corrected chi connectivity index (χ0v) is 16.7. The van der Waals surface area contributed by atoms with Gasteiger partial charge in [-0.25, -0.2) is 0 Å². The quantitative estimate of drug-likeness (QED) is 0.375. The second-order valence-electron chi connectivity index (χ2n) is 7.18. The van der Waals surface area contributed by atoms with Crippen LogP contribution in [0.2, 0.25) is 0 Å². The molecule has 4 rings (SSSR count). The second kappa shape index (κ2) is 7.86. The molecule has 2 heterocycles. The highest BCUT2D eigenvalue weighted by Crippen LogP contribution is 2.34. The van der Waals surface area contributed by atoms with Crippen LogP contribution in [0.5, 0.6) is 0 Å². The van der Waals surface area contributed by atoms with Gasteiger partial charge in [-0.05, 0) is 65.3 Å². The molecule has 0 unspecified atom stereocenters. The summed E-state index contributed by atoms with van der Waals surface area (Å²) in [5.74, 6) is -0.732. The van der Waals surface area contributed by atoms with Crippen LogP contribution >= 0.6 is 0 Å². The molecule has 2 amide bonds. The van der Waals surface area contributed by atoms with Crippen LogP contribution in [0.15, 0.2) is 55.3 Å². The largest absolute Gasteiger partial charge is 0.358 e. The summed E-state index contributed by atoms with van der Waals surface area (Å²) < 4.78 is 1.23. The third kappa shape index (κ3) is 3.80. The molecule has 0 saturated carbocycles. The number of hydrogen-bond donors (Lipinski definition) is 2. The van der Waals surface area contributed by atoms with Gasteiger partial charge in [0.05, 0.1) is 11.8 Å². The molecule has 0 spiro atoms. The molecular weight excluding hydrogens is 398 g/mol. The van der Waals surface area contributed by atoms with Gasteiger partial charge in [-0.15, -0.1) is 0 Å². The van der Waals surface area contributed by atoms with Crippen molar-refractivity contribution in [2.24, 2.45) is 0 Å². The molecule has 0 aliphatic carbocycles. The lowest BCUT2D eigenvalue weighted by molar-refractivity contribution is -0.390. The fourth-order valence-corrected chi connectivity index (χ4v) is 3.66. The van der Waals surface area contributed by atoms with E-state index in [2.05, 4.69) is 22.3 Å². The normalized spacial score (nSPS) is 12.6. The van der Waals surface area contributed by atoms with Gasteiger partial charge in [0, 0.05) is 23.9 Å². The molecular formula is C22H19N5O4. The summed E-state index contributed by atoms with van der Waals surface area (Å²) in [6.07, 6.45) is 3.24. The van der Waals surface area contributed by atoms with E-state index < -0.39 is 4.92 Å². The number of anilines is 1. The summed E-state index contributed by atoms with van der Waals surface area (Å²) >= 11 is 0. The Morgan fingerprint density at radius 2 is 2.10 bits per heavy atom. The van der Waals surface area contributed by atoms with Crippen molar-refractivity contribution in [1.29, 1.82) is 0 Å². The topological polar surface area (TPSA) is 119 Å². The number of amides is 2. The molecule has 156 valence electrons. The van der Waals surface area contributed by atoms with Gasteiger partial charge in [0.1, 0.15) is 0 Å². The third-order valence-corrected chi connectivity index (χ3v) is 5.02. The fourth-order valence-electron chi connectivity index (χ4n) is 3.66. The van der Waals surface area contributed by atoms with Gasteiger partial charge in [-0.2, -0.15) is 0 Å². The van der Waals surface area contributed by atoms with Crippen LogP contribution in [0.1, 0.15) is 21.5 Å². The Labute approximate surface area is 177 Å². The Balaban J connectivity index is 1.81. The maximum Gasteiger partial charge on any atom is 0.358 e. The molecule has 1 aliphatic heterocycles. The molecule has 0 fully saturated rings. The average molecular weight is 417 g/mol. The van der Waals surface area contributed by atoms with Crippen molar-refractivity contribution >= 4 is 23.3 Å². The Morgan fingerprint density at radius 1 is 1.29 bits per heavy atom. The van der Waals surface area contributed by atoms with E-state index in [1.54, 1.807) is 36.4 Å². The first-order chi connectivity index (χ1) is 14.9. The molecule has 2 N–H and O–H groups in total. The van der Waals surface area contributed by atoms with Crippen LogP contribution in [0.4, 0.5) is 11.5 Å². The number of aromatic nitrogens is 2. The molecule has 1 aromatic heterocycles. The van der Waals surface area contributed by atoms with Crippen LogP contribution in [0, 0.1) is 17.0 Å². The van der Waals surface area contributed by atoms with Gasteiger partial charge in [0.2, 0.25) is 5.91 Å². The van der Waals surface area contributed by atoms with Crippen molar-refractivity contribution < 1.29 is 14.5 Å². The van der Waals surface area contributed by atoms with Gasteiger partial charge in [-0.3, -0.25) is 9.59 Å². The summed E-state index contributed by atoms with van der Waals surface area (Å²) in [7, 11) is 0. The molecule has 0 radical (unpaired) electrons. The number of carbonyl (C=O) groups excluding carboxylic acids is 2. The molecule has 0 saturated heterocycles. The van der Waals surface area contributed by atoms with Crippen LogP contribution < -0.4 is 10.6 Å². The lowest BCUT2D eigenvalue weighted by atomic mass is 9.96. The van der Waals surface area contributed by atoms with Crippen LogP contribution in [-0.4, -0.2) is 33.1 Å². The monoisotopic (exact) mass is 417 g/mol. The number of nitro groups is 1. The maximum absolute atomic E-state index is 12.0. The van der Waals surface area contributed by atoms with Crippen LogP contribution in [0.3, 0.4) is 0 Å². The minimum absolute atomic E-state index is 0.146. The summed E-state index contributed by atoms with van der Waals surface area (Å²) in [6, 6.07) is 10.3. The highest BCUT2D eigenvalue weighted by atomic mass is 16.6. The highest BCUT2D eigenvalue weighted by molar-refractivity contribution is 5.99. The Kier molecular flexibility index (Phi) is 5.08. The molecule has 1 aliphatic rings. The number of rotatable bonds is 5. The molecule has 31 heavy (non-hydrogen) atoms. The number of aryl methyl sites for hydroxylation is 1. The van der Waals surface area contributed by atoms with Gasteiger partial charge in [0.25, 0.3) is 5.91 Å². The zero-order chi connectivity index (χ0) is 22.1. The minimum Gasteiger partial charge on any atom is -0.358 e. The second-order valence-corrected chi connectivity index (χ2v) is 7.18. The van der Waals surface area contributed by atoms with E-state index in [1.807, 2.05) is 6.92 Å². The first-order valence-corrected chi connectivity index (χ1v) is 9.57. The van der Waals surface area contributed by atoms with Crippen molar-refractivity contribution in [2.45, 2.75) is 13.3 Å². The zero-order valence-electron chi connectivity index (χ0n) is 16.7. The van der Waals surface area contributed by atoms with E-state index in [4.69, 9.17) is 0 Å². The van der Waals surface area contributed by atoms with E-state index in [1.165, 1.54) is 10.9 Å². The van der Waals surface area contributed by atoms with E-state index in [-0.39, 0.29) is 17.6 Å². The van der Waals surface area contributed by atoms with Gasteiger partial charge in [0.15, 0.2) is 5.69 Å². The van der Waals surface area contributed by atoms with Crippen LogP contribution in [0.25, 0.3) is 16.8 Å². The lowest BCUT2D eigenvalue weighted by Crippen LogP contribution is -2.31. The number of hydrogen-bond acceptors (Lipinski definition) is 5. The van der Waals surface area contributed by atoms with E-state index in [0.29, 0.717) is 41.0 Å². The smallest absolute Gasteiger partial charge is 0.358 e. The fraction of sp³-hybridized carbons (Fsp3) is 0.136. The molecule has 9 nitrogen and oxygen atoms in total. The van der Waals surface area contributed by atoms with Crippen LogP contribution in [-0.2, 0) is 11.2 Å². The first kappa shape index (κ1) is 20.0. The molecule has 0 atom stereocenters. The summed E-state index contributed by atoms with van der Waals surface area (Å²) in [4.78, 5) is 35.1. The minimum atomic E-state index is -0.487. The Bertz CT molecular complexity index is 1240. The number of fused-ring (bicyclic) bond motifs is 1. The van der Waals surface area contributed by atoms with Crippen molar-refractivity contribution in [3.8, 4) is 16.8 Å². The molecule has 9 heteroatoms. The number of nitrogens with zero attached hydrogens (tertiary/aromatic N) is 3. The lowest BCUT2D eigenvalue weighted by Gasteiger charge is -2.16. The summed E-state index contributed by atoms with van der Waals surface area (Å²) in [6.45, 7) is 5.77. The van der Waals surface area contributed by atoms with Crippen molar-refractivity contribution in [2.75, 3.05) is 11.9 Å². The summed E-state index contributed by atoms with van der Waals surface area (Å²) in [5.41, 5.74) is 4.08. The van der Waals surface area contributed by atoms with Gasteiger partial charge >= 0.3 is 5.82 Å². The third-order valence-electron chi connectivity index (χ3n) is 5.02. The van der Waals surface area contributed by atoms with Crippen molar-refractivity contribution in [3.05, 3.63) is 82.1 Å². The van der Waals surface area contributed by atoms with Gasteiger partial charge < -0.3 is 20.7 Å². The Morgan fingerprint density at radius 3 is 2.84 bits per heavy atom. The molecule has 3 aromatic rings. The standard InChI is InChI=1S/C22H19N5O4/c1-3-20(28)25-16-8-13(2)9-17(11-16)26-22(27(30)31)19(12-24-26)14-4-5-18-15(10-14)6-7-23-21(18)29/h3-5,8-12H,1,6-7H2,2H3,(H,23,29)(H,25,28). The average Bonchev–Trinajstić information content (AvgIpc) is 3.19. The highest BCUT2D eigenvalue weighted by Gasteiger charge is 2.26. The molecule has 2 aromatic carbocycles. The number of nitrogens with one attached hydrogen (secondary N) is 2. The van der Waals surface area contributed by atoms with E-state index in [0.717, 1.165) is 17.2 Å². The predicted molar refractivity (Wildman–Crippen MR) is 115 cm³/mol. The predicted octanol–water partition coefficient (Wildman–Crippen LogP) is 3.17. The van der Waals surface area contributed by atoms with E-state index >= 15 is 0 Å². The van der Waals surface area contributed by atoms with E-state index in [9.17, 15) is 19.7 Å². The maximum atomic E-state index is 12.0. The number of benzene rings is 2. The van der Waals surface area contributed by atoms with Crippen molar-refractivity contribution in [1.82, 2.24) is 15.1 Å². The van der Waals surface area contributed by atoms with Gasteiger partial charge in [-0.1, -0.05) is 22.4 Å². The summed E-state index contributed by atoms with van der Waals surface area (Å²) in [5, 5.41) is 21.7. The Hall–Kier alpha value is -4.27. The van der Waals surface area contributed by atoms with Crippen molar-refractivity contribution in [3.63, 3.8) is 0 Å². The molecule has 0 bridgehead atoms. The SMILES string of the molecule is C=CC(=O)Nc1cc(C)cc(-n2ncc(-c3ccc4c(c3)CCNC4=O)c2[N+](=O)[O-])c1. The first-order valence-electron chi connectivity index (χ1n) is 9.57. The number of carbonyl (C=O) groups is 2.